The van der Waals surface area contributed by atoms with Crippen LogP contribution in [0.5, 0.6) is 0 Å². The van der Waals surface area contributed by atoms with E-state index in [9.17, 15) is 4.79 Å². The highest BCUT2D eigenvalue weighted by atomic mass is 16.1. The fraction of sp³-hybridized carbons (Fsp3) is 0.947. The maximum absolute atomic E-state index is 12.2. The summed E-state index contributed by atoms with van der Waals surface area (Å²) in [5.74, 6) is 5.30. The van der Waals surface area contributed by atoms with Gasteiger partial charge in [0.15, 0.2) is 0 Å². The number of Topliss-reactive ketones (excluding diaryl/α,β-unsaturated/α-hetero) is 1. The number of carbonyl (C=O) groups excluding carboxylic acids is 1. The zero-order valence-electron chi connectivity index (χ0n) is 13.2. The molecule has 0 saturated heterocycles. The number of carbonyl (C=O) groups is 1. The first kappa shape index (κ1) is 13.3. The highest BCUT2D eigenvalue weighted by molar-refractivity contribution is 5.83. The molecule has 4 aliphatic carbocycles. The van der Waals surface area contributed by atoms with Gasteiger partial charge in [-0.1, -0.05) is 26.7 Å². The van der Waals surface area contributed by atoms with E-state index in [1.807, 2.05) is 0 Å². The molecule has 4 aliphatic rings. The third-order valence-electron chi connectivity index (χ3n) is 8.16. The summed E-state index contributed by atoms with van der Waals surface area (Å²) in [7, 11) is 0. The van der Waals surface area contributed by atoms with Crippen LogP contribution >= 0.6 is 0 Å². The number of hydrogen-bond acceptors (Lipinski definition) is 1. The van der Waals surface area contributed by atoms with Gasteiger partial charge in [-0.05, 0) is 73.5 Å². The number of rotatable bonds is 0. The molecule has 0 aromatic carbocycles. The zero-order chi connectivity index (χ0) is 13.9. The molecule has 0 amide bonds. The lowest BCUT2D eigenvalue weighted by Crippen LogP contribution is -2.50. The van der Waals surface area contributed by atoms with Gasteiger partial charge in [0.25, 0.3) is 0 Å². The monoisotopic (exact) mass is 274 g/mol. The predicted molar refractivity (Wildman–Crippen MR) is 81.3 cm³/mol. The van der Waals surface area contributed by atoms with Gasteiger partial charge >= 0.3 is 0 Å². The third kappa shape index (κ3) is 1.70. The van der Waals surface area contributed by atoms with Gasteiger partial charge in [-0.15, -0.1) is 0 Å². The van der Waals surface area contributed by atoms with Crippen molar-refractivity contribution >= 4 is 5.78 Å². The molecule has 1 heteroatoms. The first-order chi connectivity index (χ1) is 9.61. The van der Waals surface area contributed by atoms with Gasteiger partial charge in [0, 0.05) is 12.3 Å². The maximum Gasteiger partial charge on any atom is 0.136 e. The Balaban J connectivity index is 1.62. The normalized spacial score (nSPS) is 55.0. The van der Waals surface area contributed by atoms with Crippen LogP contribution in [0.1, 0.15) is 71.6 Å². The van der Waals surface area contributed by atoms with Crippen LogP contribution in [0.3, 0.4) is 0 Å². The maximum atomic E-state index is 12.2. The van der Waals surface area contributed by atoms with E-state index in [2.05, 4.69) is 13.8 Å². The van der Waals surface area contributed by atoms with Crippen molar-refractivity contribution in [2.24, 2.45) is 40.9 Å². The summed E-state index contributed by atoms with van der Waals surface area (Å²) in [6.45, 7) is 4.83. The highest BCUT2D eigenvalue weighted by Crippen LogP contribution is 2.63. The molecule has 0 heterocycles. The van der Waals surface area contributed by atoms with Crippen LogP contribution in [0, 0.1) is 40.9 Å². The lowest BCUT2D eigenvalue weighted by Gasteiger charge is -2.58. The summed E-state index contributed by atoms with van der Waals surface area (Å²) >= 11 is 0. The van der Waals surface area contributed by atoms with Crippen LogP contribution in [0.25, 0.3) is 0 Å². The molecule has 0 aromatic heterocycles. The fourth-order valence-electron chi connectivity index (χ4n) is 7.02. The Hall–Kier alpha value is -0.330. The Kier molecular flexibility index (Phi) is 3.06. The van der Waals surface area contributed by atoms with E-state index in [0.29, 0.717) is 17.1 Å². The molecule has 112 valence electrons. The summed E-state index contributed by atoms with van der Waals surface area (Å²) in [5, 5.41) is 0. The molecule has 4 rings (SSSR count). The van der Waals surface area contributed by atoms with Crippen LogP contribution in [0.15, 0.2) is 0 Å². The van der Waals surface area contributed by atoms with E-state index in [1.165, 1.54) is 51.4 Å². The molecule has 20 heavy (non-hydrogen) atoms. The minimum Gasteiger partial charge on any atom is -0.299 e. The summed E-state index contributed by atoms with van der Waals surface area (Å²) in [5.41, 5.74) is 0.626. The lowest BCUT2D eigenvalue weighted by molar-refractivity contribution is -0.120. The molecule has 1 nitrogen and oxygen atoms in total. The van der Waals surface area contributed by atoms with E-state index < -0.39 is 0 Å². The first-order valence-electron chi connectivity index (χ1n) is 9.14. The molecule has 0 aromatic rings. The van der Waals surface area contributed by atoms with E-state index in [1.54, 1.807) is 0 Å². The summed E-state index contributed by atoms with van der Waals surface area (Å²) in [4.78, 5) is 12.2. The summed E-state index contributed by atoms with van der Waals surface area (Å²) < 4.78 is 0. The van der Waals surface area contributed by atoms with Crippen molar-refractivity contribution in [1.29, 1.82) is 0 Å². The molecule has 0 radical (unpaired) electrons. The van der Waals surface area contributed by atoms with Gasteiger partial charge in [0.1, 0.15) is 5.78 Å². The van der Waals surface area contributed by atoms with Gasteiger partial charge in [0.2, 0.25) is 0 Å². The van der Waals surface area contributed by atoms with E-state index in [4.69, 9.17) is 0 Å². The summed E-state index contributed by atoms with van der Waals surface area (Å²) in [6, 6.07) is 0. The SMILES string of the molecule is C[C@H]1C(=O)C[C@@H]2[C@H]1CC[C@H]1[C@H]2CC[C@@H]2CCCC[C@@]21C. The average Bonchev–Trinajstić information content (AvgIpc) is 2.74. The van der Waals surface area contributed by atoms with Crippen LogP contribution in [0.2, 0.25) is 0 Å². The molecule has 0 bridgehead atoms. The Labute approximate surface area is 123 Å². The van der Waals surface area contributed by atoms with E-state index in [0.717, 1.165) is 36.0 Å². The highest BCUT2D eigenvalue weighted by Gasteiger charge is 2.56. The lowest BCUT2D eigenvalue weighted by atomic mass is 9.47. The van der Waals surface area contributed by atoms with Crippen LogP contribution < -0.4 is 0 Å². The second kappa shape index (κ2) is 4.58. The Bertz CT molecular complexity index is 414. The fourth-order valence-corrected chi connectivity index (χ4v) is 7.02. The number of fused-ring (bicyclic) bond motifs is 5. The second-order valence-electron chi connectivity index (χ2n) is 8.66. The molecule has 0 aliphatic heterocycles. The molecule has 0 spiro atoms. The van der Waals surface area contributed by atoms with Gasteiger partial charge in [0.05, 0.1) is 0 Å². The zero-order valence-corrected chi connectivity index (χ0v) is 13.2. The topological polar surface area (TPSA) is 17.1 Å². The first-order valence-corrected chi connectivity index (χ1v) is 9.14. The Morgan fingerprint density at radius 3 is 2.60 bits per heavy atom. The minimum atomic E-state index is 0.373. The van der Waals surface area contributed by atoms with E-state index in [-0.39, 0.29) is 0 Å². The van der Waals surface area contributed by atoms with Crippen LogP contribution in [0.4, 0.5) is 0 Å². The van der Waals surface area contributed by atoms with Gasteiger partial charge in [-0.3, -0.25) is 4.79 Å². The van der Waals surface area contributed by atoms with Crippen molar-refractivity contribution in [3.8, 4) is 0 Å². The number of ketones is 1. The van der Waals surface area contributed by atoms with Crippen molar-refractivity contribution in [1.82, 2.24) is 0 Å². The molecule has 4 fully saturated rings. The van der Waals surface area contributed by atoms with Crippen molar-refractivity contribution < 1.29 is 4.79 Å². The molecule has 0 N–H and O–H groups in total. The van der Waals surface area contributed by atoms with Crippen molar-refractivity contribution in [3.63, 3.8) is 0 Å². The molecule has 0 unspecified atom stereocenters. The summed E-state index contributed by atoms with van der Waals surface area (Å²) in [6.07, 6.45) is 12.5. The Morgan fingerprint density at radius 2 is 1.75 bits per heavy atom. The van der Waals surface area contributed by atoms with Crippen molar-refractivity contribution in [2.75, 3.05) is 0 Å². The number of hydrogen-bond donors (Lipinski definition) is 0. The minimum absolute atomic E-state index is 0.373. The van der Waals surface area contributed by atoms with Crippen molar-refractivity contribution in [3.05, 3.63) is 0 Å². The van der Waals surface area contributed by atoms with Crippen LogP contribution in [-0.2, 0) is 4.79 Å². The van der Waals surface area contributed by atoms with E-state index >= 15 is 0 Å². The smallest absolute Gasteiger partial charge is 0.136 e. The Morgan fingerprint density at radius 1 is 0.950 bits per heavy atom. The van der Waals surface area contributed by atoms with Crippen molar-refractivity contribution in [2.45, 2.75) is 71.6 Å². The van der Waals surface area contributed by atoms with Gasteiger partial charge in [-0.2, -0.15) is 0 Å². The molecule has 7 atom stereocenters. The molecular weight excluding hydrogens is 244 g/mol. The van der Waals surface area contributed by atoms with Gasteiger partial charge < -0.3 is 0 Å². The average molecular weight is 274 g/mol. The quantitative estimate of drug-likeness (QED) is 0.617. The van der Waals surface area contributed by atoms with Crippen LogP contribution in [-0.4, -0.2) is 5.78 Å². The third-order valence-corrected chi connectivity index (χ3v) is 8.16. The predicted octanol–water partition coefficient (Wildman–Crippen LogP) is 4.84. The molecular formula is C19H30O. The second-order valence-corrected chi connectivity index (χ2v) is 8.66. The molecule has 4 saturated carbocycles. The van der Waals surface area contributed by atoms with Gasteiger partial charge in [-0.25, -0.2) is 0 Å². The standard InChI is InChI=1S/C19H30O/c1-12-14-8-9-17-15(16(14)11-18(12)20)7-6-13-5-3-4-10-19(13,17)2/h12-17H,3-11H2,1-2H3/t12-,13+,14+,15+,16-,17+,19+/m1/s1. The largest absolute Gasteiger partial charge is 0.299 e.